The lowest BCUT2D eigenvalue weighted by Gasteiger charge is -2.24. The zero-order valence-corrected chi connectivity index (χ0v) is 12.7. The van der Waals surface area contributed by atoms with Gasteiger partial charge in [-0.1, -0.05) is 23.7 Å². The lowest BCUT2D eigenvalue weighted by Crippen LogP contribution is -2.26. The Morgan fingerprint density at radius 2 is 2.05 bits per heavy atom. The molecule has 20 heavy (non-hydrogen) atoms. The van der Waals surface area contributed by atoms with Crippen LogP contribution in [0.1, 0.15) is 43.7 Å². The minimum atomic E-state index is -0.790. The van der Waals surface area contributed by atoms with E-state index in [2.05, 4.69) is 0 Å². The van der Waals surface area contributed by atoms with Crippen LogP contribution in [0, 0.1) is 5.41 Å². The van der Waals surface area contributed by atoms with Crippen LogP contribution < -0.4 is 0 Å². The SMILES string of the molecule is CC(C)(Cc1ccc(C2CCOCC2)c(Cl)c1)C(=O)O. The van der Waals surface area contributed by atoms with Gasteiger partial charge in [0.25, 0.3) is 0 Å². The first-order valence-electron chi connectivity index (χ1n) is 6.99. The summed E-state index contributed by atoms with van der Waals surface area (Å²) in [6.07, 6.45) is 2.48. The van der Waals surface area contributed by atoms with Gasteiger partial charge in [-0.2, -0.15) is 0 Å². The molecule has 0 bridgehead atoms. The van der Waals surface area contributed by atoms with Gasteiger partial charge in [-0.05, 0) is 56.2 Å². The quantitative estimate of drug-likeness (QED) is 0.917. The third kappa shape index (κ3) is 3.53. The topological polar surface area (TPSA) is 46.5 Å². The van der Waals surface area contributed by atoms with Crippen molar-refractivity contribution in [1.29, 1.82) is 0 Å². The van der Waals surface area contributed by atoms with E-state index in [0.29, 0.717) is 12.3 Å². The van der Waals surface area contributed by atoms with Gasteiger partial charge < -0.3 is 9.84 Å². The van der Waals surface area contributed by atoms with Gasteiger partial charge in [-0.15, -0.1) is 0 Å². The largest absolute Gasteiger partial charge is 0.481 e. The van der Waals surface area contributed by atoms with Crippen LogP contribution in [0.5, 0.6) is 0 Å². The third-order valence-corrected chi connectivity index (χ3v) is 4.28. The number of hydrogen-bond acceptors (Lipinski definition) is 2. The average Bonchev–Trinajstić information content (AvgIpc) is 2.39. The van der Waals surface area contributed by atoms with Gasteiger partial charge in [-0.3, -0.25) is 4.79 Å². The highest BCUT2D eigenvalue weighted by molar-refractivity contribution is 6.31. The summed E-state index contributed by atoms with van der Waals surface area (Å²) < 4.78 is 5.37. The Hall–Kier alpha value is -1.06. The Bertz CT molecular complexity index is 490. The van der Waals surface area contributed by atoms with Crippen LogP contribution in [0.25, 0.3) is 0 Å². The molecule has 0 spiro atoms. The fourth-order valence-electron chi connectivity index (χ4n) is 2.61. The molecule has 1 aromatic rings. The first kappa shape index (κ1) is 15.3. The predicted molar refractivity (Wildman–Crippen MR) is 79.4 cm³/mol. The fraction of sp³-hybridized carbons (Fsp3) is 0.562. The summed E-state index contributed by atoms with van der Waals surface area (Å²) in [4.78, 5) is 11.2. The van der Waals surface area contributed by atoms with E-state index in [0.717, 1.165) is 42.2 Å². The number of rotatable bonds is 4. The molecule has 1 fully saturated rings. The molecule has 0 aromatic heterocycles. The summed E-state index contributed by atoms with van der Waals surface area (Å²) in [5, 5.41) is 9.93. The predicted octanol–water partition coefficient (Wildman–Crippen LogP) is 3.89. The Labute approximate surface area is 124 Å². The van der Waals surface area contributed by atoms with Gasteiger partial charge in [-0.25, -0.2) is 0 Å². The molecule has 4 heteroatoms. The molecule has 2 rings (SSSR count). The maximum atomic E-state index is 11.2. The van der Waals surface area contributed by atoms with Crippen molar-refractivity contribution in [3.05, 3.63) is 34.3 Å². The van der Waals surface area contributed by atoms with Crippen LogP contribution in [-0.2, 0) is 16.0 Å². The maximum Gasteiger partial charge on any atom is 0.309 e. The van der Waals surface area contributed by atoms with Crippen molar-refractivity contribution in [2.24, 2.45) is 5.41 Å². The number of aliphatic carboxylic acids is 1. The van der Waals surface area contributed by atoms with Crippen molar-refractivity contribution in [2.45, 2.75) is 39.0 Å². The normalized spacial score (nSPS) is 17.1. The van der Waals surface area contributed by atoms with E-state index in [1.807, 2.05) is 18.2 Å². The van der Waals surface area contributed by atoms with Crippen LogP contribution in [0.3, 0.4) is 0 Å². The zero-order chi connectivity index (χ0) is 14.8. The summed E-state index contributed by atoms with van der Waals surface area (Å²) in [5.41, 5.74) is 1.36. The standard InChI is InChI=1S/C16H21ClO3/c1-16(2,15(18)19)10-11-3-4-13(14(17)9-11)12-5-7-20-8-6-12/h3-4,9,12H,5-8,10H2,1-2H3,(H,18,19). The summed E-state index contributed by atoms with van der Waals surface area (Å²) in [5.74, 6) is -0.333. The Kier molecular flexibility index (Phi) is 4.71. The molecule has 3 nitrogen and oxygen atoms in total. The molecule has 0 unspecified atom stereocenters. The van der Waals surface area contributed by atoms with E-state index in [4.69, 9.17) is 16.3 Å². The van der Waals surface area contributed by atoms with Crippen LogP contribution in [-0.4, -0.2) is 24.3 Å². The van der Waals surface area contributed by atoms with Gasteiger partial charge in [0, 0.05) is 18.2 Å². The molecule has 1 N–H and O–H groups in total. The van der Waals surface area contributed by atoms with Crippen molar-refractivity contribution in [3.63, 3.8) is 0 Å². The molecule has 0 radical (unpaired) electrons. The smallest absolute Gasteiger partial charge is 0.309 e. The number of hydrogen-bond donors (Lipinski definition) is 1. The number of benzene rings is 1. The first-order chi connectivity index (χ1) is 9.40. The van der Waals surface area contributed by atoms with Crippen molar-refractivity contribution < 1.29 is 14.6 Å². The second-order valence-electron chi connectivity index (χ2n) is 6.11. The zero-order valence-electron chi connectivity index (χ0n) is 12.0. The van der Waals surface area contributed by atoms with Gasteiger partial charge >= 0.3 is 5.97 Å². The number of carbonyl (C=O) groups is 1. The van der Waals surface area contributed by atoms with Crippen molar-refractivity contribution in [2.75, 3.05) is 13.2 Å². The molecule has 1 heterocycles. The van der Waals surface area contributed by atoms with Gasteiger partial charge in [0.1, 0.15) is 0 Å². The summed E-state index contributed by atoms with van der Waals surface area (Å²) in [6, 6.07) is 5.96. The van der Waals surface area contributed by atoms with Gasteiger partial charge in [0.05, 0.1) is 5.41 Å². The highest BCUT2D eigenvalue weighted by Crippen LogP contribution is 2.33. The van der Waals surface area contributed by atoms with E-state index in [1.165, 1.54) is 0 Å². The highest BCUT2D eigenvalue weighted by atomic mass is 35.5. The van der Waals surface area contributed by atoms with Crippen LogP contribution in [0.2, 0.25) is 5.02 Å². The fourth-order valence-corrected chi connectivity index (χ4v) is 2.96. The van der Waals surface area contributed by atoms with E-state index >= 15 is 0 Å². The molecule has 0 saturated carbocycles. The van der Waals surface area contributed by atoms with Crippen LogP contribution >= 0.6 is 11.6 Å². The molecular weight excluding hydrogens is 276 g/mol. The second-order valence-corrected chi connectivity index (χ2v) is 6.52. The molecule has 1 aliphatic rings. The molecule has 1 aromatic carbocycles. The highest BCUT2D eigenvalue weighted by Gasteiger charge is 2.28. The third-order valence-electron chi connectivity index (χ3n) is 3.95. The molecular formula is C16H21ClO3. The summed E-state index contributed by atoms with van der Waals surface area (Å²) >= 11 is 6.38. The number of carboxylic acid groups (broad SMARTS) is 1. The number of ether oxygens (including phenoxy) is 1. The number of halogens is 1. The molecule has 110 valence electrons. The molecule has 1 saturated heterocycles. The van der Waals surface area contributed by atoms with Gasteiger partial charge in [0.15, 0.2) is 0 Å². The van der Waals surface area contributed by atoms with Crippen LogP contribution in [0.15, 0.2) is 18.2 Å². The van der Waals surface area contributed by atoms with E-state index in [1.54, 1.807) is 13.8 Å². The minimum absolute atomic E-state index is 0.456. The van der Waals surface area contributed by atoms with Crippen molar-refractivity contribution in [1.82, 2.24) is 0 Å². The first-order valence-corrected chi connectivity index (χ1v) is 7.37. The molecule has 0 aliphatic carbocycles. The van der Waals surface area contributed by atoms with Crippen molar-refractivity contribution >= 4 is 17.6 Å². The summed E-state index contributed by atoms with van der Waals surface area (Å²) in [7, 11) is 0. The van der Waals surface area contributed by atoms with E-state index < -0.39 is 11.4 Å². The monoisotopic (exact) mass is 296 g/mol. The number of carboxylic acids is 1. The Balaban J connectivity index is 2.15. The van der Waals surface area contributed by atoms with Crippen LogP contribution in [0.4, 0.5) is 0 Å². The van der Waals surface area contributed by atoms with Gasteiger partial charge in [0.2, 0.25) is 0 Å². The Morgan fingerprint density at radius 1 is 1.40 bits per heavy atom. The minimum Gasteiger partial charge on any atom is -0.481 e. The maximum absolute atomic E-state index is 11.2. The van der Waals surface area contributed by atoms with E-state index in [9.17, 15) is 9.90 Å². The molecule has 0 atom stereocenters. The van der Waals surface area contributed by atoms with E-state index in [-0.39, 0.29) is 0 Å². The Morgan fingerprint density at radius 3 is 2.60 bits per heavy atom. The molecule has 0 amide bonds. The van der Waals surface area contributed by atoms with Crippen molar-refractivity contribution in [3.8, 4) is 0 Å². The lowest BCUT2D eigenvalue weighted by molar-refractivity contribution is -0.146. The second kappa shape index (κ2) is 6.15. The average molecular weight is 297 g/mol. The molecule has 1 aliphatic heterocycles. The summed E-state index contributed by atoms with van der Waals surface area (Å²) in [6.45, 7) is 5.04. The lowest BCUT2D eigenvalue weighted by atomic mass is 9.84.